The Labute approximate surface area is 189 Å². The molecule has 1 aromatic carbocycles. The lowest BCUT2D eigenvalue weighted by Crippen LogP contribution is -2.44. The van der Waals surface area contributed by atoms with Crippen molar-refractivity contribution in [3.8, 4) is 12.1 Å². The van der Waals surface area contributed by atoms with Crippen molar-refractivity contribution < 1.29 is 0 Å². The maximum absolute atomic E-state index is 9.78. The number of hydrogen-bond acceptors (Lipinski definition) is 5. The first-order valence-electron chi connectivity index (χ1n) is 10.8. The first kappa shape index (κ1) is 21.4. The smallest absolute Gasteiger partial charge is 0.142 e. The Morgan fingerprint density at radius 1 is 1.16 bits per heavy atom. The van der Waals surface area contributed by atoms with Gasteiger partial charge in [-0.2, -0.15) is 10.5 Å². The summed E-state index contributed by atoms with van der Waals surface area (Å²) in [5, 5.41) is 19.3. The number of aromatic nitrogens is 1. The molecule has 0 fully saturated rings. The molecule has 2 heterocycles. The number of nitriles is 2. The minimum absolute atomic E-state index is 0.0341. The van der Waals surface area contributed by atoms with Crippen LogP contribution in [0.15, 0.2) is 29.8 Å². The average molecular weight is 422 g/mol. The van der Waals surface area contributed by atoms with Crippen molar-refractivity contribution in [3.05, 3.63) is 63.4 Å². The van der Waals surface area contributed by atoms with Gasteiger partial charge in [-0.3, -0.25) is 0 Å². The Balaban J connectivity index is 1.92. The standard InChI is InChI=1S/C27H27N5/c1-7-32-23-9-8-18(10-19(23)15(2)12-27(32,5)6)11-20-16(3)21(13-28)25-24(20)17(4)22(14-29)26(30)31-25/h8-12H,7H2,1-6H3,(H2,30,31)/b20-11+. The number of nitrogens with two attached hydrogens (primary N) is 1. The van der Waals surface area contributed by atoms with Crippen LogP contribution in [-0.4, -0.2) is 17.1 Å². The molecule has 5 nitrogen and oxygen atoms in total. The van der Waals surface area contributed by atoms with E-state index in [0.717, 1.165) is 34.4 Å². The maximum atomic E-state index is 9.78. The predicted octanol–water partition coefficient (Wildman–Crippen LogP) is 5.72. The van der Waals surface area contributed by atoms with Crippen LogP contribution in [0.2, 0.25) is 0 Å². The van der Waals surface area contributed by atoms with Crippen molar-refractivity contribution in [1.82, 2.24) is 4.98 Å². The fraction of sp³-hybridized carbons (Fsp3) is 0.296. The topological polar surface area (TPSA) is 89.7 Å². The van der Waals surface area contributed by atoms with Gasteiger partial charge in [0.2, 0.25) is 0 Å². The Bertz CT molecular complexity index is 1340. The zero-order chi connectivity index (χ0) is 23.4. The number of rotatable bonds is 2. The lowest BCUT2D eigenvalue weighted by molar-refractivity contribution is 0.566. The highest BCUT2D eigenvalue weighted by Gasteiger charge is 2.31. The van der Waals surface area contributed by atoms with Gasteiger partial charge in [0, 0.05) is 23.4 Å². The molecule has 0 saturated heterocycles. The summed E-state index contributed by atoms with van der Waals surface area (Å²) in [6.07, 6.45) is 4.41. The Hall–Kier alpha value is -3.83. The normalized spacial score (nSPS) is 17.6. The van der Waals surface area contributed by atoms with Gasteiger partial charge in [0.05, 0.1) is 22.4 Å². The van der Waals surface area contributed by atoms with E-state index in [4.69, 9.17) is 5.73 Å². The van der Waals surface area contributed by atoms with E-state index in [9.17, 15) is 10.5 Å². The molecule has 160 valence electrons. The highest BCUT2D eigenvalue weighted by Crippen LogP contribution is 2.45. The molecule has 2 aromatic rings. The molecule has 0 spiro atoms. The number of allylic oxidation sites excluding steroid dienone is 4. The molecule has 2 N–H and O–H groups in total. The molecule has 4 rings (SSSR count). The van der Waals surface area contributed by atoms with Crippen LogP contribution in [0.1, 0.15) is 68.1 Å². The van der Waals surface area contributed by atoms with Gasteiger partial charge in [-0.1, -0.05) is 12.1 Å². The Morgan fingerprint density at radius 3 is 2.50 bits per heavy atom. The molecular weight excluding hydrogens is 394 g/mol. The van der Waals surface area contributed by atoms with Gasteiger partial charge in [-0.15, -0.1) is 0 Å². The second-order valence-electron chi connectivity index (χ2n) is 9.00. The van der Waals surface area contributed by atoms with Gasteiger partial charge in [-0.05, 0) is 87.6 Å². The van der Waals surface area contributed by atoms with E-state index in [1.165, 1.54) is 16.8 Å². The quantitative estimate of drug-likeness (QED) is 0.670. The Morgan fingerprint density at radius 2 is 1.88 bits per heavy atom. The lowest BCUT2D eigenvalue weighted by atomic mass is 9.87. The molecule has 32 heavy (non-hydrogen) atoms. The van der Waals surface area contributed by atoms with Gasteiger partial charge < -0.3 is 10.6 Å². The van der Waals surface area contributed by atoms with Crippen molar-refractivity contribution in [2.24, 2.45) is 0 Å². The van der Waals surface area contributed by atoms with Crippen molar-refractivity contribution >= 4 is 34.3 Å². The van der Waals surface area contributed by atoms with Crippen molar-refractivity contribution in [3.63, 3.8) is 0 Å². The molecule has 0 saturated carbocycles. The second kappa shape index (κ2) is 7.39. The molecule has 1 aromatic heterocycles. The van der Waals surface area contributed by atoms with Crippen LogP contribution in [0.5, 0.6) is 0 Å². The number of anilines is 2. The summed E-state index contributed by atoms with van der Waals surface area (Å²) in [5.74, 6) is 0.169. The SMILES string of the molecule is CCN1c2ccc(/C=C3\C(C)=C(C#N)c4nc(N)c(C#N)c(C)c43)cc2C(C)=CC1(C)C. The molecule has 0 atom stereocenters. The number of fused-ring (bicyclic) bond motifs is 2. The molecular formula is C27H27N5. The summed E-state index contributed by atoms with van der Waals surface area (Å²) in [6.45, 7) is 13.5. The molecule has 0 bridgehead atoms. The van der Waals surface area contributed by atoms with E-state index in [1.54, 1.807) is 0 Å². The third kappa shape index (κ3) is 3.01. The van der Waals surface area contributed by atoms with Crippen molar-refractivity contribution in [1.29, 1.82) is 10.5 Å². The summed E-state index contributed by atoms with van der Waals surface area (Å²) in [5.41, 5.74) is 15.5. The van der Waals surface area contributed by atoms with Gasteiger partial charge in [0.25, 0.3) is 0 Å². The van der Waals surface area contributed by atoms with Crippen LogP contribution in [0.3, 0.4) is 0 Å². The van der Waals surface area contributed by atoms with Crippen LogP contribution in [0, 0.1) is 29.6 Å². The minimum atomic E-state index is -0.0341. The predicted molar refractivity (Wildman–Crippen MR) is 131 cm³/mol. The molecule has 1 aliphatic heterocycles. The summed E-state index contributed by atoms with van der Waals surface area (Å²) in [6, 6.07) is 10.9. The van der Waals surface area contributed by atoms with Crippen LogP contribution in [0.25, 0.3) is 22.8 Å². The fourth-order valence-electron chi connectivity index (χ4n) is 5.13. The number of likely N-dealkylation sites (N-methyl/N-ethyl adjacent to an activating group) is 1. The zero-order valence-corrected chi connectivity index (χ0v) is 19.5. The van der Waals surface area contributed by atoms with Gasteiger partial charge in [0.15, 0.2) is 0 Å². The van der Waals surface area contributed by atoms with Crippen LogP contribution >= 0.6 is 0 Å². The van der Waals surface area contributed by atoms with E-state index < -0.39 is 0 Å². The van der Waals surface area contributed by atoms with E-state index in [2.05, 4.69) is 80.1 Å². The lowest BCUT2D eigenvalue weighted by Gasteiger charge is -2.42. The van der Waals surface area contributed by atoms with Crippen molar-refractivity contribution in [2.45, 2.75) is 47.1 Å². The Kier molecular flexibility index (Phi) is 4.94. The minimum Gasteiger partial charge on any atom is -0.383 e. The van der Waals surface area contributed by atoms with Crippen LogP contribution in [0.4, 0.5) is 11.5 Å². The summed E-state index contributed by atoms with van der Waals surface area (Å²) >= 11 is 0. The number of hydrogen-bond donors (Lipinski definition) is 1. The maximum Gasteiger partial charge on any atom is 0.142 e. The molecule has 0 unspecified atom stereocenters. The summed E-state index contributed by atoms with van der Waals surface area (Å²) in [4.78, 5) is 6.83. The van der Waals surface area contributed by atoms with E-state index in [0.29, 0.717) is 16.8 Å². The number of pyridine rings is 1. The summed E-state index contributed by atoms with van der Waals surface area (Å²) in [7, 11) is 0. The third-order valence-corrected chi connectivity index (χ3v) is 6.61. The number of benzene rings is 1. The molecule has 5 heteroatoms. The van der Waals surface area contributed by atoms with Crippen LogP contribution < -0.4 is 10.6 Å². The van der Waals surface area contributed by atoms with Gasteiger partial charge in [0.1, 0.15) is 18.0 Å². The number of nitrogen functional groups attached to an aromatic ring is 1. The molecule has 2 aliphatic rings. The molecule has 1 aliphatic carbocycles. The summed E-state index contributed by atoms with van der Waals surface area (Å²) < 4.78 is 0. The molecule has 0 amide bonds. The first-order chi connectivity index (χ1) is 15.1. The first-order valence-corrected chi connectivity index (χ1v) is 10.8. The van der Waals surface area contributed by atoms with Crippen LogP contribution in [-0.2, 0) is 0 Å². The van der Waals surface area contributed by atoms with Crippen molar-refractivity contribution in [2.75, 3.05) is 17.2 Å². The van der Waals surface area contributed by atoms with E-state index >= 15 is 0 Å². The fourth-order valence-corrected chi connectivity index (χ4v) is 5.13. The average Bonchev–Trinajstić information content (AvgIpc) is 2.99. The van der Waals surface area contributed by atoms with E-state index in [1.807, 2.05) is 13.8 Å². The largest absolute Gasteiger partial charge is 0.383 e. The zero-order valence-electron chi connectivity index (χ0n) is 19.5. The third-order valence-electron chi connectivity index (χ3n) is 6.61. The monoisotopic (exact) mass is 421 g/mol. The highest BCUT2D eigenvalue weighted by molar-refractivity contribution is 6.08. The molecule has 0 radical (unpaired) electrons. The number of nitrogens with zero attached hydrogens (tertiary/aromatic N) is 4. The van der Waals surface area contributed by atoms with Gasteiger partial charge in [-0.25, -0.2) is 4.98 Å². The second-order valence-corrected chi connectivity index (χ2v) is 9.00. The highest BCUT2D eigenvalue weighted by atomic mass is 15.2. The van der Waals surface area contributed by atoms with Gasteiger partial charge >= 0.3 is 0 Å². The van der Waals surface area contributed by atoms with E-state index in [-0.39, 0.29) is 11.4 Å².